The molecule has 0 spiro atoms. The summed E-state index contributed by atoms with van der Waals surface area (Å²) in [4.78, 5) is 11.0. The van der Waals surface area contributed by atoms with Crippen LogP contribution >= 0.6 is 0 Å². The summed E-state index contributed by atoms with van der Waals surface area (Å²) in [6.45, 7) is 4.96. The number of carboxylic acid groups (broad SMARTS) is 1. The van der Waals surface area contributed by atoms with Gasteiger partial charge in [0.2, 0.25) is 0 Å². The van der Waals surface area contributed by atoms with E-state index < -0.39 is 17.5 Å². The lowest BCUT2D eigenvalue weighted by atomic mass is 9.84. The maximum absolute atomic E-state index is 11.0. The molecule has 1 aromatic rings. The molecule has 0 aliphatic rings. The Morgan fingerprint density at radius 1 is 1.40 bits per heavy atom. The zero-order valence-electron chi connectivity index (χ0n) is 9.19. The molecule has 0 radical (unpaired) electrons. The van der Waals surface area contributed by atoms with Crippen molar-refractivity contribution >= 4 is 5.97 Å². The van der Waals surface area contributed by atoms with Crippen LogP contribution in [-0.4, -0.2) is 16.2 Å². The molecule has 1 rings (SSSR count). The van der Waals surface area contributed by atoms with E-state index in [9.17, 15) is 9.90 Å². The largest absolute Gasteiger partial charge is 0.481 e. The summed E-state index contributed by atoms with van der Waals surface area (Å²) < 4.78 is 0. The predicted octanol–water partition coefficient (Wildman–Crippen LogP) is 2.10. The summed E-state index contributed by atoms with van der Waals surface area (Å²) >= 11 is 0. The van der Waals surface area contributed by atoms with Crippen LogP contribution in [0.3, 0.4) is 0 Å². The molecule has 0 amide bonds. The van der Waals surface area contributed by atoms with Gasteiger partial charge in [-0.25, -0.2) is 0 Å². The van der Waals surface area contributed by atoms with Crippen molar-refractivity contribution in [2.45, 2.75) is 32.3 Å². The summed E-state index contributed by atoms with van der Waals surface area (Å²) in [5, 5.41) is 18.5. The number of aliphatic carboxylic acids is 1. The monoisotopic (exact) mass is 208 g/mol. The first-order valence-electron chi connectivity index (χ1n) is 4.87. The van der Waals surface area contributed by atoms with Crippen LogP contribution in [0, 0.1) is 0 Å². The van der Waals surface area contributed by atoms with Gasteiger partial charge in [0.25, 0.3) is 0 Å². The predicted molar refractivity (Wildman–Crippen MR) is 57.7 cm³/mol. The molecule has 3 nitrogen and oxygen atoms in total. The Hall–Kier alpha value is -1.35. The Bertz CT molecular complexity index is 367. The van der Waals surface area contributed by atoms with Gasteiger partial charge >= 0.3 is 5.97 Å². The molecule has 0 aliphatic carbocycles. The first-order chi connectivity index (χ1) is 6.85. The van der Waals surface area contributed by atoms with Gasteiger partial charge in [-0.05, 0) is 31.9 Å². The number of aliphatic hydroxyl groups excluding tert-OH is 1. The average Bonchev–Trinajstić information content (AvgIpc) is 2.17. The van der Waals surface area contributed by atoms with Crippen molar-refractivity contribution in [2.24, 2.45) is 0 Å². The smallest absolute Gasteiger partial charge is 0.313 e. The number of aliphatic hydroxyl groups is 1. The molecular formula is C12H16O3. The van der Waals surface area contributed by atoms with Crippen LogP contribution in [0.5, 0.6) is 0 Å². The number of hydrogen-bond acceptors (Lipinski definition) is 2. The summed E-state index contributed by atoms with van der Waals surface area (Å²) in [5.41, 5.74) is 0.514. The minimum atomic E-state index is -0.926. The first-order valence-corrected chi connectivity index (χ1v) is 4.87. The van der Waals surface area contributed by atoms with Gasteiger partial charge in [0, 0.05) is 0 Å². The lowest BCUT2D eigenvalue weighted by Crippen LogP contribution is -2.28. The molecular weight excluding hydrogens is 192 g/mol. The number of carboxylic acids is 1. The van der Waals surface area contributed by atoms with Crippen molar-refractivity contribution in [3.63, 3.8) is 0 Å². The lowest BCUT2D eigenvalue weighted by Gasteiger charge is -2.20. The van der Waals surface area contributed by atoms with E-state index in [1.807, 2.05) is 0 Å². The fourth-order valence-corrected chi connectivity index (χ4v) is 1.31. The molecule has 0 saturated carbocycles. The van der Waals surface area contributed by atoms with E-state index in [0.717, 1.165) is 5.56 Å². The highest BCUT2D eigenvalue weighted by Gasteiger charge is 2.29. The molecule has 1 aromatic carbocycles. The van der Waals surface area contributed by atoms with Crippen LogP contribution in [0.2, 0.25) is 0 Å². The zero-order valence-corrected chi connectivity index (χ0v) is 9.19. The Morgan fingerprint density at radius 3 is 2.47 bits per heavy atom. The van der Waals surface area contributed by atoms with Crippen molar-refractivity contribution in [1.29, 1.82) is 0 Å². The van der Waals surface area contributed by atoms with E-state index in [4.69, 9.17) is 5.11 Å². The third-order valence-electron chi connectivity index (χ3n) is 2.63. The Balaban J connectivity index is 3.16. The third kappa shape index (κ3) is 2.36. The molecule has 0 aliphatic heterocycles. The maximum Gasteiger partial charge on any atom is 0.313 e. The van der Waals surface area contributed by atoms with Crippen LogP contribution in [-0.2, 0) is 10.2 Å². The number of carbonyl (C=O) groups is 1. The highest BCUT2D eigenvalue weighted by molar-refractivity contribution is 5.80. The molecule has 0 fully saturated rings. The van der Waals surface area contributed by atoms with Crippen LogP contribution in [0.4, 0.5) is 0 Å². The van der Waals surface area contributed by atoms with E-state index in [1.54, 1.807) is 45.0 Å². The van der Waals surface area contributed by atoms with E-state index >= 15 is 0 Å². The molecule has 0 saturated heterocycles. The Morgan fingerprint density at radius 2 is 2.00 bits per heavy atom. The summed E-state index contributed by atoms with van der Waals surface area (Å²) in [6, 6.07) is 7.05. The van der Waals surface area contributed by atoms with Crippen molar-refractivity contribution in [2.75, 3.05) is 0 Å². The number of hydrogen-bond donors (Lipinski definition) is 2. The number of rotatable bonds is 3. The van der Waals surface area contributed by atoms with Crippen molar-refractivity contribution in [3.05, 3.63) is 35.4 Å². The van der Waals surface area contributed by atoms with Gasteiger partial charge in [-0.15, -0.1) is 0 Å². The second kappa shape index (κ2) is 4.03. The molecule has 2 N–H and O–H groups in total. The van der Waals surface area contributed by atoms with Crippen LogP contribution in [0.25, 0.3) is 0 Å². The van der Waals surface area contributed by atoms with Gasteiger partial charge in [-0.2, -0.15) is 0 Å². The van der Waals surface area contributed by atoms with E-state index in [-0.39, 0.29) is 0 Å². The third-order valence-corrected chi connectivity index (χ3v) is 2.63. The molecule has 0 bridgehead atoms. The first kappa shape index (κ1) is 11.7. The quantitative estimate of drug-likeness (QED) is 0.799. The number of benzene rings is 1. The summed E-state index contributed by atoms with van der Waals surface area (Å²) in [5.74, 6) is -0.870. The fraction of sp³-hybridized carbons (Fsp3) is 0.417. The fourth-order valence-electron chi connectivity index (χ4n) is 1.31. The molecule has 1 atom stereocenters. The molecule has 0 heterocycles. The minimum absolute atomic E-state index is 0.574. The maximum atomic E-state index is 11.0. The van der Waals surface area contributed by atoms with Gasteiger partial charge < -0.3 is 10.2 Å². The molecule has 82 valence electrons. The summed E-state index contributed by atoms with van der Waals surface area (Å²) in [6.07, 6.45) is -0.574. The molecule has 3 heteroatoms. The highest BCUT2D eigenvalue weighted by Crippen LogP contribution is 2.25. The molecule has 0 aromatic heterocycles. The van der Waals surface area contributed by atoms with Gasteiger partial charge in [-0.1, -0.05) is 24.3 Å². The second-order valence-corrected chi connectivity index (χ2v) is 4.23. The Labute approximate surface area is 89.4 Å². The average molecular weight is 208 g/mol. The van der Waals surface area contributed by atoms with Gasteiger partial charge in [0.05, 0.1) is 11.5 Å². The van der Waals surface area contributed by atoms with E-state index in [0.29, 0.717) is 5.56 Å². The second-order valence-electron chi connectivity index (χ2n) is 4.23. The van der Waals surface area contributed by atoms with Gasteiger partial charge in [-0.3, -0.25) is 4.79 Å². The van der Waals surface area contributed by atoms with E-state index in [1.165, 1.54) is 0 Å². The minimum Gasteiger partial charge on any atom is -0.481 e. The molecule has 1 unspecified atom stereocenters. The van der Waals surface area contributed by atoms with Crippen molar-refractivity contribution in [1.82, 2.24) is 0 Å². The standard InChI is InChI=1S/C12H16O3/c1-8(13)9-5-4-6-10(7-9)12(2,3)11(14)15/h4-8,13H,1-3H3,(H,14,15). The van der Waals surface area contributed by atoms with Crippen molar-refractivity contribution in [3.8, 4) is 0 Å². The zero-order chi connectivity index (χ0) is 11.6. The SMILES string of the molecule is CC(O)c1cccc(C(C)(C)C(=O)O)c1. The summed E-state index contributed by atoms with van der Waals surface area (Å²) in [7, 11) is 0. The normalized spacial score (nSPS) is 13.6. The van der Waals surface area contributed by atoms with E-state index in [2.05, 4.69) is 0 Å². The van der Waals surface area contributed by atoms with Crippen molar-refractivity contribution < 1.29 is 15.0 Å². The topological polar surface area (TPSA) is 57.5 Å². The van der Waals surface area contributed by atoms with Crippen LogP contribution < -0.4 is 0 Å². The van der Waals surface area contributed by atoms with Gasteiger partial charge in [0.1, 0.15) is 0 Å². The highest BCUT2D eigenvalue weighted by atomic mass is 16.4. The van der Waals surface area contributed by atoms with Gasteiger partial charge in [0.15, 0.2) is 0 Å². The lowest BCUT2D eigenvalue weighted by molar-refractivity contribution is -0.142. The molecule has 15 heavy (non-hydrogen) atoms. The Kier molecular flexibility index (Phi) is 3.15. The van der Waals surface area contributed by atoms with Crippen LogP contribution in [0.15, 0.2) is 24.3 Å². The van der Waals surface area contributed by atoms with Crippen LogP contribution in [0.1, 0.15) is 38.0 Å².